The number of benzene rings is 1. The minimum Gasteiger partial charge on any atom is -0.399 e. The molecule has 1 aromatic carbocycles. The first kappa shape index (κ1) is 12.1. The van der Waals surface area contributed by atoms with Gasteiger partial charge in [-0.15, -0.1) is 0 Å². The third kappa shape index (κ3) is 2.66. The maximum absolute atomic E-state index is 12.1. The largest absolute Gasteiger partial charge is 0.399 e. The van der Waals surface area contributed by atoms with Crippen LogP contribution in [0.15, 0.2) is 36.5 Å². The topological polar surface area (TPSA) is 68.0 Å². The first-order valence-electron chi connectivity index (χ1n) is 5.66. The fourth-order valence-electron chi connectivity index (χ4n) is 1.61. The van der Waals surface area contributed by atoms with Gasteiger partial charge >= 0.3 is 0 Å². The van der Waals surface area contributed by atoms with Crippen LogP contribution in [0.4, 0.5) is 11.5 Å². The van der Waals surface area contributed by atoms with Crippen molar-refractivity contribution in [2.24, 2.45) is 0 Å². The normalized spacial score (nSPS) is 10.1. The molecular formula is C14H15N3O. The molecule has 0 radical (unpaired) electrons. The number of rotatable bonds is 2. The first-order chi connectivity index (χ1) is 8.56. The maximum Gasteiger partial charge on any atom is 0.257 e. The summed E-state index contributed by atoms with van der Waals surface area (Å²) >= 11 is 0. The highest BCUT2D eigenvalue weighted by atomic mass is 16.1. The van der Waals surface area contributed by atoms with E-state index in [1.54, 1.807) is 24.4 Å². The number of nitrogens with one attached hydrogen (secondary N) is 1. The summed E-state index contributed by atoms with van der Waals surface area (Å²) in [4.78, 5) is 16.2. The van der Waals surface area contributed by atoms with E-state index < -0.39 is 0 Å². The lowest BCUT2D eigenvalue weighted by Gasteiger charge is -2.08. The molecule has 0 bridgehead atoms. The van der Waals surface area contributed by atoms with Crippen LogP contribution in [0.2, 0.25) is 0 Å². The first-order valence-corrected chi connectivity index (χ1v) is 5.66. The second-order valence-corrected chi connectivity index (χ2v) is 4.25. The predicted octanol–water partition coefficient (Wildman–Crippen LogP) is 2.53. The molecule has 3 N–H and O–H groups in total. The van der Waals surface area contributed by atoms with Gasteiger partial charge in [0.25, 0.3) is 5.91 Å². The molecule has 1 heterocycles. The Balaban J connectivity index is 2.21. The van der Waals surface area contributed by atoms with Crippen LogP contribution in [0.1, 0.15) is 21.5 Å². The van der Waals surface area contributed by atoms with Crippen LogP contribution in [0.25, 0.3) is 0 Å². The Kier molecular flexibility index (Phi) is 3.28. The molecule has 92 valence electrons. The molecule has 0 aliphatic carbocycles. The zero-order valence-corrected chi connectivity index (χ0v) is 10.4. The molecule has 0 atom stereocenters. The molecular weight excluding hydrogens is 226 g/mol. The summed E-state index contributed by atoms with van der Waals surface area (Å²) in [6.07, 6.45) is 1.71. The van der Waals surface area contributed by atoms with Crippen molar-refractivity contribution in [2.75, 3.05) is 11.1 Å². The fraction of sp³-hybridized carbons (Fsp3) is 0.143. The van der Waals surface area contributed by atoms with Gasteiger partial charge in [-0.1, -0.05) is 12.1 Å². The zero-order valence-electron chi connectivity index (χ0n) is 10.4. The summed E-state index contributed by atoms with van der Waals surface area (Å²) in [5.41, 5.74) is 8.75. The van der Waals surface area contributed by atoms with Gasteiger partial charge in [-0.3, -0.25) is 4.79 Å². The number of anilines is 2. The van der Waals surface area contributed by atoms with Crippen molar-refractivity contribution in [2.45, 2.75) is 13.8 Å². The van der Waals surface area contributed by atoms with Gasteiger partial charge in [0.2, 0.25) is 0 Å². The molecule has 2 aromatic rings. The minimum absolute atomic E-state index is 0.198. The molecule has 18 heavy (non-hydrogen) atoms. The van der Waals surface area contributed by atoms with Gasteiger partial charge < -0.3 is 11.1 Å². The number of nitrogen functional groups attached to an aromatic ring is 1. The molecule has 0 fully saturated rings. The molecule has 0 aliphatic heterocycles. The van der Waals surface area contributed by atoms with Crippen molar-refractivity contribution in [3.05, 3.63) is 53.2 Å². The number of nitrogens with two attached hydrogens (primary N) is 1. The minimum atomic E-state index is -0.198. The summed E-state index contributed by atoms with van der Waals surface area (Å²) in [5, 5.41) is 2.75. The summed E-state index contributed by atoms with van der Waals surface area (Å²) in [5.74, 6) is 0.337. The standard InChI is InChI=1S/C14H15N3O/c1-9-3-6-13(16-8-9)17-14(18)12-7-11(15)5-4-10(12)2/h3-8H,15H2,1-2H3,(H,16,17,18). The van der Waals surface area contributed by atoms with E-state index in [2.05, 4.69) is 10.3 Å². The van der Waals surface area contributed by atoms with Crippen molar-refractivity contribution >= 4 is 17.4 Å². The highest BCUT2D eigenvalue weighted by molar-refractivity contribution is 6.05. The van der Waals surface area contributed by atoms with E-state index >= 15 is 0 Å². The summed E-state index contributed by atoms with van der Waals surface area (Å²) in [7, 11) is 0. The number of amides is 1. The molecule has 4 heteroatoms. The van der Waals surface area contributed by atoms with Gasteiger partial charge in [0.1, 0.15) is 5.82 Å². The van der Waals surface area contributed by atoms with Crippen LogP contribution >= 0.6 is 0 Å². The molecule has 4 nitrogen and oxygen atoms in total. The molecule has 0 unspecified atom stereocenters. The number of carbonyl (C=O) groups excluding carboxylic acids is 1. The summed E-state index contributed by atoms with van der Waals surface area (Å²) in [6.45, 7) is 3.82. The number of hydrogen-bond donors (Lipinski definition) is 2. The van der Waals surface area contributed by atoms with Crippen LogP contribution in [-0.4, -0.2) is 10.9 Å². The molecule has 0 saturated carbocycles. The molecule has 1 aromatic heterocycles. The van der Waals surface area contributed by atoms with E-state index in [9.17, 15) is 4.79 Å². The van der Waals surface area contributed by atoms with E-state index in [4.69, 9.17) is 5.73 Å². The Hall–Kier alpha value is -2.36. The smallest absolute Gasteiger partial charge is 0.257 e. The molecule has 0 aliphatic rings. The van der Waals surface area contributed by atoms with Crippen LogP contribution in [0, 0.1) is 13.8 Å². The van der Waals surface area contributed by atoms with E-state index in [1.165, 1.54) is 0 Å². The lowest BCUT2D eigenvalue weighted by molar-refractivity contribution is 0.102. The van der Waals surface area contributed by atoms with Gasteiger partial charge in [0.15, 0.2) is 0 Å². The van der Waals surface area contributed by atoms with Crippen molar-refractivity contribution in [3.63, 3.8) is 0 Å². The fourth-order valence-corrected chi connectivity index (χ4v) is 1.61. The van der Waals surface area contributed by atoms with Crippen molar-refractivity contribution in [1.82, 2.24) is 4.98 Å². The Morgan fingerprint density at radius 2 is 2.00 bits per heavy atom. The molecule has 0 spiro atoms. The summed E-state index contributed by atoms with van der Waals surface area (Å²) in [6, 6.07) is 8.94. The van der Waals surface area contributed by atoms with Gasteiger partial charge in [-0.25, -0.2) is 4.98 Å². The second-order valence-electron chi connectivity index (χ2n) is 4.25. The number of hydrogen-bond acceptors (Lipinski definition) is 3. The molecule has 0 saturated heterocycles. The SMILES string of the molecule is Cc1ccc(NC(=O)c2cc(N)ccc2C)nc1. The quantitative estimate of drug-likeness (QED) is 0.794. The number of carbonyl (C=O) groups is 1. The highest BCUT2D eigenvalue weighted by Gasteiger charge is 2.10. The number of aromatic nitrogens is 1. The van der Waals surface area contributed by atoms with Gasteiger partial charge in [-0.2, -0.15) is 0 Å². The zero-order chi connectivity index (χ0) is 13.1. The lowest BCUT2D eigenvalue weighted by Crippen LogP contribution is -2.14. The third-order valence-corrected chi connectivity index (χ3v) is 2.66. The van der Waals surface area contributed by atoms with E-state index in [0.29, 0.717) is 17.1 Å². The van der Waals surface area contributed by atoms with Crippen LogP contribution < -0.4 is 11.1 Å². The van der Waals surface area contributed by atoms with Crippen molar-refractivity contribution < 1.29 is 4.79 Å². The lowest BCUT2D eigenvalue weighted by atomic mass is 10.1. The van der Waals surface area contributed by atoms with E-state index in [1.807, 2.05) is 26.0 Å². The summed E-state index contributed by atoms with van der Waals surface area (Å²) < 4.78 is 0. The van der Waals surface area contributed by atoms with Gasteiger partial charge in [0.05, 0.1) is 0 Å². The second kappa shape index (κ2) is 4.87. The number of aryl methyl sites for hydroxylation is 2. The third-order valence-electron chi connectivity index (χ3n) is 2.66. The average Bonchev–Trinajstić information content (AvgIpc) is 2.35. The number of nitrogens with zero attached hydrogens (tertiary/aromatic N) is 1. The van der Waals surface area contributed by atoms with Gasteiger partial charge in [-0.05, 0) is 43.2 Å². The van der Waals surface area contributed by atoms with Crippen LogP contribution in [0.3, 0.4) is 0 Å². The Morgan fingerprint density at radius 3 is 2.67 bits per heavy atom. The Labute approximate surface area is 106 Å². The van der Waals surface area contributed by atoms with Crippen LogP contribution in [0.5, 0.6) is 0 Å². The van der Waals surface area contributed by atoms with Gasteiger partial charge in [0, 0.05) is 17.4 Å². The monoisotopic (exact) mass is 241 g/mol. The maximum atomic E-state index is 12.1. The van der Waals surface area contributed by atoms with Crippen LogP contribution in [-0.2, 0) is 0 Å². The molecule has 2 rings (SSSR count). The van der Waals surface area contributed by atoms with E-state index in [0.717, 1.165) is 11.1 Å². The van der Waals surface area contributed by atoms with E-state index in [-0.39, 0.29) is 5.91 Å². The average molecular weight is 241 g/mol. The van der Waals surface area contributed by atoms with Crippen molar-refractivity contribution in [1.29, 1.82) is 0 Å². The Morgan fingerprint density at radius 1 is 1.22 bits per heavy atom. The molecule has 1 amide bonds. The number of pyridine rings is 1. The highest BCUT2D eigenvalue weighted by Crippen LogP contribution is 2.14. The van der Waals surface area contributed by atoms with Crippen molar-refractivity contribution in [3.8, 4) is 0 Å². The Bertz CT molecular complexity index is 576. The predicted molar refractivity (Wildman–Crippen MR) is 72.5 cm³/mol.